The summed E-state index contributed by atoms with van der Waals surface area (Å²) in [5.74, 6) is 1.97. The number of hydrogen-bond acceptors (Lipinski definition) is 14. The Labute approximate surface area is 729 Å². The molecular weight excluding hydrogens is 1560 g/mol. The summed E-state index contributed by atoms with van der Waals surface area (Å²) in [7, 11) is 0. The van der Waals surface area contributed by atoms with E-state index >= 15 is 0 Å². The van der Waals surface area contributed by atoms with Gasteiger partial charge in [-0.05, 0) is 93.5 Å². The monoisotopic (exact) mass is 1690 g/mol. The van der Waals surface area contributed by atoms with Crippen molar-refractivity contribution in [3.05, 3.63) is 168 Å². The molecular formula is C67H123N5O13Ti10-2. The van der Waals surface area contributed by atoms with Gasteiger partial charge in [0.15, 0.2) is 0 Å². The standard InChI is InChI=1S/C9H18O2.2C9H14O2.C6H7NO.2C5H10N.C5H10O2.C5H6O2.2C4H8NO.6CH3.10Ti/c3*1-2-3-5-8(10)9-6-4-7-11-9;8-5-6-3-1-2-4-7-6;2*1-2-4-6-5-3-1;2*6-4-5-2-1-3-7-5;2*1-3-6-4-2-5-1;;;;;;;;;;;;;;;;/h8-10H,2-7H2,1H3;2*4,6-8,10H,2-3,5H2,1H3;1-4,8H,5H2;2*1-5H2;5-6H,1-4H2;1-3,6H,4H2;2*1-4H2;6*1H3;;;;;;;;;;/q;;;;2*-1;;;8*-1;;;;;;;;+2;2*+3. The van der Waals surface area contributed by atoms with Gasteiger partial charge in [-0.2, -0.15) is 0 Å². The number of nitrogens with zero attached hydrogens (tertiary/aromatic N) is 5. The number of rotatable bonds is 15. The number of hydrogen-bond donors (Lipinski definition) is 6. The minimum Gasteiger partial charge on any atom is -0.662 e. The zero-order valence-corrected chi connectivity index (χ0v) is 75.2. The molecule has 0 bridgehead atoms. The van der Waals surface area contributed by atoms with Gasteiger partial charge in [-0.1, -0.05) is 104 Å². The van der Waals surface area contributed by atoms with E-state index in [1.807, 2.05) is 12.1 Å². The minimum absolute atomic E-state index is 0. The number of unbranched alkanes of at least 4 members (excludes halogenated alkanes) is 3. The molecule has 0 aliphatic carbocycles. The van der Waals surface area contributed by atoms with E-state index in [-0.39, 0.29) is 300 Å². The molecule has 2 radical (unpaired) electrons. The van der Waals surface area contributed by atoms with Gasteiger partial charge in [0.05, 0.1) is 56.0 Å². The molecule has 6 aliphatic heterocycles. The largest absolute Gasteiger partial charge is 3.00 e. The van der Waals surface area contributed by atoms with Gasteiger partial charge in [-0.15, -0.1) is 52.4 Å². The van der Waals surface area contributed by atoms with E-state index in [1.165, 1.54) is 44.8 Å². The van der Waals surface area contributed by atoms with Crippen LogP contribution >= 0.6 is 0 Å². The second-order valence-corrected chi connectivity index (χ2v) is 19.2. The van der Waals surface area contributed by atoms with Crippen molar-refractivity contribution in [2.24, 2.45) is 0 Å². The molecule has 10 rings (SSSR count). The second kappa shape index (κ2) is 109. The first-order valence-corrected chi connectivity index (χ1v) is 29.6. The number of aliphatic hydroxyl groups excluding tert-OH is 6. The van der Waals surface area contributed by atoms with Gasteiger partial charge >= 0.3 is 65.2 Å². The maximum atomic E-state index is 9.56. The Morgan fingerprint density at radius 3 is 1.07 bits per heavy atom. The summed E-state index contributed by atoms with van der Waals surface area (Å²) < 4.78 is 35.2. The van der Waals surface area contributed by atoms with E-state index in [9.17, 15) is 15.3 Å². The number of pyridine rings is 1. The van der Waals surface area contributed by atoms with Crippen molar-refractivity contribution in [1.82, 2.24) is 4.98 Å². The van der Waals surface area contributed by atoms with Crippen LogP contribution in [-0.4, -0.2) is 153 Å². The van der Waals surface area contributed by atoms with Gasteiger partial charge in [0.1, 0.15) is 36.1 Å². The van der Waals surface area contributed by atoms with E-state index in [1.54, 1.807) is 61.2 Å². The first kappa shape index (κ1) is 138. The molecule has 4 aromatic rings. The van der Waals surface area contributed by atoms with Crippen molar-refractivity contribution in [2.45, 2.75) is 187 Å². The maximum Gasteiger partial charge on any atom is 3.00 e. The zero-order chi connectivity index (χ0) is 57.3. The molecule has 5 atom stereocenters. The molecule has 0 aromatic carbocycles. The first-order chi connectivity index (χ1) is 38.8. The first-order valence-electron chi connectivity index (χ1n) is 29.6. The summed E-state index contributed by atoms with van der Waals surface area (Å²) >= 11 is 0. The second-order valence-electron chi connectivity index (χ2n) is 19.2. The Balaban J connectivity index is -0.0000000516. The third kappa shape index (κ3) is 88.1. The Kier molecular flexibility index (Phi) is 157. The number of aliphatic hydroxyl groups is 6. The summed E-state index contributed by atoms with van der Waals surface area (Å²) in [4.78, 5) is 3.85. The quantitative estimate of drug-likeness (QED) is 0.0478. The summed E-state index contributed by atoms with van der Waals surface area (Å²) in [6.07, 6.45) is 27.2. The molecule has 0 spiro atoms. The maximum absolute atomic E-state index is 9.56. The van der Waals surface area contributed by atoms with Crippen LogP contribution in [0, 0.1) is 44.6 Å². The molecule has 6 aliphatic rings. The van der Waals surface area contributed by atoms with Crippen LogP contribution in [0.5, 0.6) is 0 Å². The van der Waals surface area contributed by atoms with Crippen molar-refractivity contribution in [1.29, 1.82) is 0 Å². The van der Waals surface area contributed by atoms with Crippen molar-refractivity contribution in [3.8, 4) is 0 Å². The molecule has 18 nitrogen and oxygen atoms in total. The third-order valence-corrected chi connectivity index (χ3v) is 12.3. The molecule has 28 heteroatoms. The summed E-state index contributed by atoms with van der Waals surface area (Å²) in [5.41, 5.74) is 0.715. The zero-order valence-electron chi connectivity index (χ0n) is 59.6. The SMILES string of the molecule is C1CC[N-]CC1.C1CC[N-]CC1.C1COCC[N-]1.C1COCC[N-]1.CCCCC(O)C1CCCO1.CCCCC(O)c1ccco1.CCCCC(O)c1ccco1.OCC1CCCO1.OCc1ccccn1.OCc1ccco1.[CH3-].[CH3-].[CH3-].[CH3-].[CH3-].[CH3-].[Ti+2].[Ti+3].[Ti+3].[Ti].[Ti].[Ti].[Ti].[Ti].[Ti].[Ti]. The van der Waals surface area contributed by atoms with Gasteiger partial charge in [0.25, 0.3) is 0 Å². The van der Waals surface area contributed by atoms with Crippen LogP contribution in [0.25, 0.3) is 21.3 Å². The predicted octanol–water partition coefficient (Wildman–Crippen LogP) is 14.8. The normalized spacial score (nSPS) is 16.1. The van der Waals surface area contributed by atoms with E-state index in [0.29, 0.717) is 23.0 Å². The van der Waals surface area contributed by atoms with E-state index in [4.69, 9.17) is 47.5 Å². The number of aromatic nitrogens is 1. The fraction of sp³-hybridized carbons (Fsp3) is 0.657. The number of morpholine rings is 2. The molecule has 0 amide bonds. The molecule has 536 valence electrons. The third-order valence-electron chi connectivity index (χ3n) is 12.3. The Morgan fingerprint density at radius 1 is 0.453 bits per heavy atom. The van der Waals surface area contributed by atoms with Gasteiger partial charge in [-0.3, -0.25) is 4.98 Å². The van der Waals surface area contributed by atoms with E-state index < -0.39 is 12.2 Å². The van der Waals surface area contributed by atoms with Crippen LogP contribution in [0.3, 0.4) is 0 Å². The average molecular weight is 1690 g/mol. The van der Waals surface area contributed by atoms with Crippen LogP contribution in [0.1, 0.15) is 178 Å². The smallest absolute Gasteiger partial charge is 0.662 e. The van der Waals surface area contributed by atoms with E-state index in [2.05, 4.69) is 47.0 Å². The van der Waals surface area contributed by atoms with Crippen LogP contribution in [0.2, 0.25) is 0 Å². The fourth-order valence-corrected chi connectivity index (χ4v) is 7.64. The van der Waals surface area contributed by atoms with Crippen LogP contribution < -0.4 is 0 Å². The molecule has 4 aromatic heterocycles. The fourth-order valence-electron chi connectivity index (χ4n) is 7.64. The summed E-state index contributed by atoms with van der Waals surface area (Å²) in [6, 6.07) is 16.1. The molecule has 95 heavy (non-hydrogen) atoms. The molecule has 6 fully saturated rings. The summed E-state index contributed by atoms with van der Waals surface area (Å²) in [6.45, 7) is 19.7. The molecule has 5 unspecified atom stereocenters. The Morgan fingerprint density at radius 2 is 0.853 bits per heavy atom. The van der Waals surface area contributed by atoms with Crippen LogP contribution in [-0.2, 0) is 249 Å². The molecule has 6 N–H and O–H groups in total. The van der Waals surface area contributed by atoms with E-state index in [0.717, 1.165) is 175 Å². The van der Waals surface area contributed by atoms with Gasteiger partial charge < -0.3 is 129 Å². The predicted molar refractivity (Wildman–Crippen MR) is 352 cm³/mol. The van der Waals surface area contributed by atoms with Crippen LogP contribution in [0.15, 0.2) is 92.8 Å². The summed E-state index contributed by atoms with van der Waals surface area (Å²) in [5, 5.41) is 70.2. The van der Waals surface area contributed by atoms with Crippen molar-refractivity contribution >= 4 is 0 Å². The number of ether oxygens (including phenoxy) is 4. The van der Waals surface area contributed by atoms with Crippen molar-refractivity contribution in [3.63, 3.8) is 0 Å². The van der Waals surface area contributed by atoms with Crippen molar-refractivity contribution in [2.75, 3.05) is 98.6 Å². The molecule has 0 saturated carbocycles. The molecule has 6 saturated heterocycles. The number of furan rings is 3. The Hall–Kier alpha value is 3.57. The van der Waals surface area contributed by atoms with Gasteiger partial charge in [-0.25, -0.2) is 0 Å². The Bertz CT molecular complexity index is 1610. The van der Waals surface area contributed by atoms with Crippen molar-refractivity contribution < 1.29 is 280 Å². The number of piperidine rings is 2. The molecule has 10 heterocycles. The van der Waals surface area contributed by atoms with Gasteiger partial charge in [0, 0.05) is 198 Å². The minimum atomic E-state index is -0.412. The topological polar surface area (TPSA) is 267 Å². The average Bonchev–Trinajstić information content (AvgIpc) is 2.42. The van der Waals surface area contributed by atoms with Gasteiger partial charge in [0.2, 0.25) is 0 Å². The van der Waals surface area contributed by atoms with Crippen LogP contribution in [0.4, 0.5) is 0 Å².